The average Bonchev–Trinajstić information content (AvgIpc) is 3.02. The Labute approximate surface area is 148 Å². The van der Waals surface area contributed by atoms with E-state index in [0.717, 1.165) is 11.1 Å². The van der Waals surface area contributed by atoms with Gasteiger partial charge < -0.3 is 9.26 Å². The monoisotopic (exact) mass is 362 g/mol. The molecule has 0 amide bonds. The third-order valence-corrected chi connectivity index (χ3v) is 3.98. The van der Waals surface area contributed by atoms with Crippen molar-refractivity contribution in [1.29, 1.82) is 0 Å². The van der Waals surface area contributed by atoms with Crippen LogP contribution in [0.5, 0.6) is 0 Å². The molecule has 0 unspecified atom stereocenters. The lowest BCUT2D eigenvalue weighted by Gasteiger charge is -2.05. The Morgan fingerprint density at radius 1 is 1.12 bits per heavy atom. The standard InChI is InChI=1S/C17H12Cl2N2O3/c1-10-5-2-3-6-11(10)16-20-14(24-21-16)9-23-17(22)15-12(18)7-4-8-13(15)19/h2-8H,9H2,1H3. The van der Waals surface area contributed by atoms with E-state index in [4.69, 9.17) is 32.5 Å². The molecule has 7 heteroatoms. The summed E-state index contributed by atoms with van der Waals surface area (Å²) in [6.45, 7) is 1.78. The fraction of sp³-hybridized carbons (Fsp3) is 0.118. The van der Waals surface area contributed by atoms with Crippen molar-refractivity contribution >= 4 is 29.2 Å². The first-order valence-electron chi connectivity index (χ1n) is 7.06. The molecule has 3 aromatic rings. The Balaban J connectivity index is 1.72. The molecule has 0 N–H and O–H groups in total. The Bertz CT molecular complexity index is 873. The van der Waals surface area contributed by atoms with Crippen LogP contribution in [0.25, 0.3) is 11.4 Å². The Kier molecular flexibility index (Phi) is 4.83. The normalized spacial score (nSPS) is 10.6. The van der Waals surface area contributed by atoms with Crippen molar-refractivity contribution in [3.63, 3.8) is 0 Å². The molecular formula is C17H12Cl2N2O3. The van der Waals surface area contributed by atoms with Crippen LogP contribution in [0.15, 0.2) is 47.0 Å². The number of carbonyl (C=O) groups is 1. The van der Waals surface area contributed by atoms with Crippen LogP contribution in [0.4, 0.5) is 0 Å². The van der Waals surface area contributed by atoms with Gasteiger partial charge in [0.2, 0.25) is 5.82 Å². The quantitative estimate of drug-likeness (QED) is 0.628. The topological polar surface area (TPSA) is 65.2 Å². The highest BCUT2D eigenvalue weighted by atomic mass is 35.5. The highest BCUT2D eigenvalue weighted by Crippen LogP contribution is 2.25. The number of esters is 1. The third-order valence-electron chi connectivity index (χ3n) is 3.35. The SMILES string of the molecule is Cc1ccccc1-c1noc(COC(=O)c2c(Cl)cccc2Cl)n1. The van der Waals surface area contributed by atoms with Crippen LogP contribution < -0.4 is 0 Å². The molecule has 0 atom stereocenters. The second-order valence-corrected chi connectivity index (χ2v) is 5.81. The molecule has 0 saturated heterocycles. The van der Waals surface area contributed by atoms with Crippen molar-refractivity contribution in [2.75, 3.05) is 0 Å². The van der Waals surface area contributed by atoms with E-state index >= 15 is 0 Å². The van der Waals surface area contributed by atoms with E-state index in [0.29, 0.717) is 5.82 Å². The van der Waals surface area contributed by atoms with Crippen LogP contribution in [0.2, 0.25) is 10.0 Å². The van der Waals surface area contributed by atoms with Gasteiger partial charge in [-0.1, -0.05) is 58.7 Å². The van der Waals surface area contributed by atoms with Gasteiger partial charge in [-0.15, -0.1) is 0 Å². The molecule has 3 rings (SSSR count). The summed E-state index contributed by atoms with van der Waals surface area (Å²) in [6, 6.07) is 12.4. The summed E-state index contributed by atoms with van der Waals surface area (Å²) in [5.74, 6) is -0.0269. The van der Waals surface area contributed by atoms with Crippen molar-refractivity contribution in [1.82, 2.24) is 10.1 Å². The summed E-state index contributed by atoms with van der Waals surface area (Å²) in [6.07, 6.45) is 0. The predicted molar refractivity (Wildman–Crippen MR) is 90.1 cm³/mol. The van der Waals surface area contributed by atoms with Crippen molar-refractivity contribution in [3.05, 3.63) is 69.5 Å². The minimum atomic E-state index is -0.652. The van der Waals surface area contributed by atoms with Crippen molar-refractivity contribution < 1.29 is 14.1 Å². The van der Waals surface area contributed by atoms with Crippen LogP contribution in [0, 0.1) is 6.92 Å². The maximum Gasteiger partial charge on any atom is 0.341 e. The number of benzene rings is 2. The van der Waals surface area contributed by atoms with Crippen LogP contribution in [0.1, 0.15) is 21.8 Å². The second-order valence-electron chi connectivity index (χ2n) is 5.00. The Morgan fingerprint density at radius 3 is 2.54 bits per heavy atom. The Morgan fingerprint density at radius 2 is 1.83 bits per heavy atom. The van der Waals surface area contributed by atoms with Gasteiger partial charge in [0, 0.05) is 5.56 Å². The van der Waals surface area contributed by atoms with Gasteiger partial charge in [0.15, 0.2) is 6.61 Å². The first-order chi connectivity index (χ1) is 11.6. The number of nitrogens with zero attached hydrogens (tertiary/aromatic N) is 2. The zero-order chi connectivity index (χ0) is 17.1. The van der Waals surface area contributed by atoms with E-state index in [1.54, 1.807) is 18.2 Å². The lowest BCUT2D eigenvalue weighted by Crippen LogP contribution is -2.07. The number of aryl methyl sites for hydroxylation is 1. The first-order valence-corrected chi connectivity index (χ1v) is 7.81. The van der Waals surface area contributed by atoms with Gasteiger partial charge in [0.25, 0.3) is 5.89 Å². The van der Waals surface area contributed by atoms with E-state index in [1.807, 2.05) is 31.2 Å². The van der Waals surface area contributed by atoms with Gasteiger partial charge in [-0.05, 0) is 24.6 Å². The number of halogens is 2. The molecule has 0 radical (unpaired) electrons. The van der Waals surface area contributed by atoms with E-state index in [2.05, 4.69) is 10.1 Å². The summed E-state index contributed by atoms with van der Waals surface area (Å²) >= 11 is 11.9. The molecule has 1 heterocycles. The molecule has 5 nitrogen and oxygen atoms in total. The second kappa shape index (κ2) is 7.03. The number of rotatable bonds is 4. The predicted octanol–water partition coefficient (Wildman–Crippen LogP) is 4.71. The van der Waals surface area contributed by atoms with E-state index in [-0.39, 0.29) is 28.1 Å². The number of hydrogen-bond acceptors (Lipinski definition) is 5. The van der Waals surface area contributed by atoms with E-state index in [1.165, 1.54) is 0 Å². The largest absolute Gasteiger partial charge is 0.452 e. The summed E-state index contributed by atoms with van der Waals surface area (Å²) in [4.78, 5) is 16.3. The first kappa shape index (κ1) is 16.5. The molecule has 1 aromatic heterocycles. The summed E-state index contributed by atoms with van der Waals surface area (Å²) in [5, 5.41) is 4.35. The molecule has 0 bridgehead atoms. The summed E-state index contributed by atoms with van der Waals surface area (Å²) < 4.78 is 10.3. The van der Waals surface area contributed by atoms with Gasteiger partial charge in [0.1, 0.15) is 0 Å². The molecule has 2 aromatic carbocycles. The fourth-order valence-electron chi connectivity index (χ4n) is 2.14. The maximum absolute atomic E-state index is 12.1. The Hall–Kier alpha value is -2.37. The minimum absolute atomic E-state index is 0.111. The number of hydrogen-bond donors (Lipinski definition) is 0. The molecule has 0 aliphatic heterocycles. The van der Waals surface area contributed by atoms with Crippen molar-refractivity contribution in [2.45, 2.75) is 13.5 Å². The minimum Gasteiger partial charge on any atom is -0.452 e. The average molecular weight is 363 g/mol. The van der Waals surface area contributed by atoms with Crippen LogP contribution in [0.3, 0.4) is 0 Å². The number of aromatic nitrogens is 2. The lowest BCUT2D eigenvalue weighted by molar-refractivity contribution is 0.0430. The highest BCUT2D eigenvalue weighted by molar-refractivity contribution is 6.39. The van der Waals surface area contributed by atoms with Crippen LogP contribution in [-0.4, -0.2) is 16.1 Å². The van der Waals surface area contributed by atoms with Crippen molar-refractivity contribution in [3.8, 4) is 11.4 Å². The zero-order valence-corrected chi connectivity index (χ0v) is 14.1. The maximum atomic E-state index is 12.1. The van der Waals surface area contributed by atoms with Gasteiger partial charge in [-0.25, -0.2) is 4.79 Å². The molecule has 0 fully saturated rings. The highest BCUT2D eigenvalue weighted by Gasteiger charge is 2.18. The molecular weight excluding hydrogens is 351 g/mol. The smallest absolute Gasteiger partial charge is 0.341 e. The third kappa shape index (κ3) is 3.42. The molecule has 0 aliphatic rings. The van der Waals surface area contributed by atoms with Crippen LogP contribution >= 0.6 is 23.2 Å². The molecule has 0 aliphatic carbocycles. The molecule has 122 valence electrons. The summed E-state index contributed by atoms with van der Waals surface area (Å²) in [5.41, 5.74) is 1.98. The molecule has 0 spiro atoms. The van der Waals surface area contributed by atoms with Gasteiger partial charge >= 0.3 is 5.97 Å². The number of ether oxygens (including phenoxy) is 1. The molecule has 0 saturated carbocycles. The molecule has 24 heavy (non-hydrogen) atoms. The van der Waals surface area contributed by atoms with Crippen LogP contribution in [-0.2, 0) is 11.3 Å². The van der Waals surface area contributed by atoms with E-state index < -0.39 is 5.97 Å². The zero-order valence-electron chi connectivity index (χ0n) is 12.6. The van der Waals surface area contributed by atoms with Gasteiger partial charge in [-0.3, -0.25) is 0 Å². The number of carbonyl (C=O) groups excluding carboxylic acids is 1. The van der Waals surface area contributed by atoms with Crippen molar-refractivity contribution in [2.24, 2.45) is 0 Å². The lowest BCUT2D eigenvalue weighted by atomic mass is 10.1. The van der Waals surface area contributed by atoms with Gasteiger partial charge in [-0.2, -0.15) is 4.98 Å². The van der Waals surface area contributed by atoms with E-state index in [9.17, 15) is 4.79 Å². The fourth-order valence-corrected chi connectivity index (χ4v) is 2.69. The van der Waals surface area contributed by atoms with Gasteiger partial charge in [0.05, 0.1) is 15.6 Å². The summed E-state index contributed by atoms with van der Waals surface area (Å²) in [7, 11) is 0.